The number of carbonyl (C=O) groups excluding carboxylic acids is 3. The molecule has 0 saturated carbocycles. The number of unbranched alkanes of at least 4 members (excludes halogenated alkanes) is 2. The highest BCUT2D eigenvalue weighted by Crippen LogP contribution is 2.33. The summed E-state index contributed by atoms with van der Waals surface area (Å²) in [4.78, 5) is 46.1. The highest BCUT2D eigenvalue weighted by Gasteiger charge is 2.21. The predicted octanol–water partition coefficient (Wildman–Crippen LogP) is 5.69. The van der Waals surface area contributed by atoms with E-state index >= 15 is 0 Å². The lowest BCUT2D eigenvalue weighted by Gasteiger charge is -2.32. The Morgan fingerprint density at radius 3 is 2.46 bits per heavy atom. The zero-order valence-electron chi connectivity index (χ0n) is 28.6. The molecule has 3 N–H and O–H groups in total. The van der Waals surface area contributed by atoms with Crippen LogP contribution in [0.25, 0.3) is 0 Å². The number of rotatable bonds is 16. The van der Waals surface area contributed by atoms with Crippen molar-refractivity contribution in [2.45, 2.75) is 43.9 Å². The maximum Gasteiger partial charge on any atom is 0.258 e. The lowest BCUT2D eigenvalue weighted by molar-refractivity contribution is -0.132. The summed E-state index contributed by atoms with van der Waals surface area (Å²) < 4.78 is 11.8. The van der Waals surface area contributed by atoms with Gasteiger partial charge in [-0.25, -0.2) is 0 Å². The van der Waals surface area contributed by atoms with Gasteiger partial charge in [-0.2, -0.15) is 0 Å². The van der Waals surface area contributed by atoms with Gasteiger partial charge in [-0.3, -0.25) is 14.4 Å². The lowest BCUT2D eigenvalue weighted by atomic mass is 10.1. The Morgan fingerprint density at radius 2 is 1.71 bits per heavy atom. The second-order valence-electron chi connectivity index (χ2n) is 12.0. The maximum atomic E-state index is 13.7. The van der Waals surface area contributed by atoms with Crippen LogP contribution in [0, 0.1) is 6.92 Å². The van der Waals surface area contributed by atoms with E-state index in [1.165, 1.54) is 7.11 Å². The minimum atomic E-state index is -0.261. The van der Waals surface area contributed by atoms with Crippen LogP contribution in [0.1, 0.15) is 58.4 Å². The Labute approximate surface area is 288 Å². The smallest absolute Gasteiger partial charge is 0.258 e. The van der Waals surface area contributed by atoms with Gasteiger partial charge in [0.15, 0.2) is 0 Å². The Hall–Kier alpha value is -4.06. The molecule has 1 aliphatic heterocycles. The first kappa shape index (κ1) is 36.8. The molecule has 0 aromatic heterocycles. The highest BCUT2D eigenvalue weighted by molar-refractivity contribution is 7.99. The summed E-state index contributed by atoms with van der Waals surface area (Å²) in [6.07, 6.45) is 3.94. The van der Waals surface area contributed by atoms with E-state index in [0.29, 0.717) is 53.6 Å². The number of anilines is 2. The molecule has 3 aromatic rings. The van der Waals surface area contributed by atoms with E-state index in [1.54, 1.807) is 48.0 Å². The van der Waals surface area contributed by atoms with Crippen molar-refractivity contribution < 1.29 is 23.9 Å². The molecule has 1 heterocycles. The second-order valence-corrected chi connectivity index (χ2v) is 13.2. The number of amides is 3. The maximum absolute atomic E-state index is 13.7. The van der Waals surface area contributed by atoms with Crippen LogP contribution < -0.4 is 25.4 Å². The van der Waals surface area contributed by atoms with Gasteiger partial charge in [0.1, 0.15) is 11.5 Å². The summed E-state index contributed by atoms with van der Waals surface area (Å²) in [5.41, 5.74) is 8.74. The fraction of sp³-hybridized carbons (Fsp3) is 0.432. The summed E-state index contributed by atoms with van der Waals surface area (Å²) >= 11 is 1.60. The molecule has 1 aliphatic rings. The summed E-state index contributed by atoms with van der Waals surface area (Å²) in [6.45, 7) is 6.53. The average Bonchev–Trinajstić information content (AvgIpc) is 3.09. The lowest BCUT2D eigenvalue weighted by Crippen LogP contribution is -2.47. The van der Waals surface area contributed by atoms with E-state index in [0.717, 1.165) is 68.1 Å². The normalized spacial score (nSPS) is 13.2. The van der Waals surface area contributed by atoms with Crippen LogP contribution in [0.5, 0.6) is 11.5 Å². The zero-order valence-corrected chi connectivity index (χ0v) is 29.4. The van der Waals surface area contributed by atoms with Crippen molar-refractivity contribution >= 4 is 40.9 Å². The molecule has 0 spiro atoms. The van der Waals surface area contributed by atoms with Crippen LogP contribution >= 0.6 is 11.8 Å². The molecule has 48 heavy (non-hydrogen) atoms. The van der Waals surface area contributed by atoms with Gasteiger partial charge < -0.3 is 35.2 Å². The number of nitrogens with zero attached hydrogens (tertiary/aromatic N) is 3. The number of nitrogens with two attached hydrogens (primary N) is 1. The minimum Gasteiger partial charge on any atom is -0.495 e. The molecule has 0 bridgehead atoms. The number of nitrogens with one attached hydrogen (secondary N) is 1. The van der Waals surface area contributed by atoms with Crippen molar-refractivity contribution in [1.82, 2.24) is 9.80 Å². The van der Waals surface area contributed by atoms with Crippen LogP contribution in [0.3, 0.4) is 0 Å². The number of benzene rings is 3. The van der Waals surface area contributed by atoms with E-state index in [2.05, 4.69) is 17.3 Å². The van der Waals surface area contributed by atoms with Crippen LogP contribution in [-0.2, 0) is 4.79 Å². The number of ether oxygens (including phenoxy) is 2. The molecule has 1 saturated heterocycles. The van der Waals surface area contributed by atoms with Crippen molar-refractivity contribution in [3.63, 3.8) is 0 Å². The van der Waals surface area contributed by atoms with Gasteiger partial charge in [0.25, 0.3) is 11.8 Å². The third-order valence-corrected chi connectivity index (χ3v) is 9.52. The fourth-order valence-corrected chi connectivity index (χ4v) is 6.45. The van der Waals surface area contributed by atoms with E-state index in [1.807, 2.05) is 48.2 Å². The number of carbonyl (C=O) groups is 3. The second kappa shape index (κ2) is 18.5. The van der Waals surface area contributed by atoms with Gasteiger partial charge in [0.2, 0.25) is 5.91 Å². The van der Waals surface area contributed by atoms with Gasteiger partial charge in [-0.15, -0.1) is 11.8 Å². The van der Waals surface area contributed by atoms with E-state index in [4.69, 9.17) is 15.2 Å². The number of piperazine rings is 1. The quantitative estimate of drug-likeness (QED) is 0.147. The molecule has 258 valence electrons. The third kappa shape index (κ3) is 10.2. The molecule has 3 amide bonds. The van der Waals surface area contributed by atoms with Crippen LogP contribution in [-0.4, -0.2) is 93.8 Å². The monoisotopic (exact) mass is 675 g/mol. The molecule has 11 heteroatoms. The van der Waals surface area contributed by atoms with Crippen molar-refractivity contribution in [3.05, 3.63) is 77.4 Å². The summed E-state index contributed by atoms with van der Waals surface area (Å²) in [6, 6.07) is 18.2. The predicted molar refractivity (Wildman–Crippen MR) is 194 cm³/mol. The Morgan fingerprint density at radius 1 is 0.938 bits per heavy atom. The fourth-order valence-electron chi connectivity index (χ4n) is 5.43. The first-order valence-corrected chi connectivity index (χ1v) is 17.6. The Balaban J connectivity index is 1.35. The topological polar surface area (TPSA) is 117 Å². The Bertz CT molecular complexity index is 1540. The largest absolute Gasteiger partial charge is 0.495 e. The third-order valence-electron chi connectivity index (χ3n) is 8.36. The number of methoxy groups -OCH3 is 1. The van der Waals surface area contributed by atoms with E-state index < -0.39 is 0 Å². The number of aryl methyl sites for hydroxylation is 1. The zero-order chi connectivity index (χ0) is 34.5. The average molecular weight is 676 g/mol. The molecular weight excluding hydrogens is 627 g/mol. The number of hydrogen-bond donors (Lipinski definition) is 2. The number of thioether (sulfide) groups is 1. The Kier molecular flexibility index (Phi) is 14.2. The summed E-state index contributed by atoms with van der Waals surface area (Å²) in [5, 5.41) is 2.94. The van der Waals surface area contributed by atoms with E-state index in [9.17, 15) is 14.4 Å². The molecule has 0 atom stereocenters. The van der Waals surface area contributed by atoms with Gasteiger partial charge >= 0.3 is 0 Å². The van der Waals surface area contributed by atoms with Crippen LogP contribution in [0.4, 0.5) is 11.4 Å². The van der Waals surface area contributed by atoms with Crippen LogP contribution in [0.2, 0.25) is 0 Å². The molecular formula is C37H49N5O5S. The highest BCUT2D eigenvalue weighted by atomic mass is 32.2. The van der Waals surface area contributed by atoms with Crippen molar-refractivity contribution in [2.75, 3.05) is 76.5 Å². The van der Waals surface area contributed by atoms with E-state index in [-0.39, 0.29) is 17.7 Å². The van der Waals surface area contributed by atoms with Gasteiger partial charge in [0, 0.05) is 50.1 Å². The summed E-state index contributed by atoms with van der Waals surface area (Å²) in [7, 11) is 5.30. The first-order chi connectivity index (χ1) is 23.2. The van der Waals surface area contributed by atoms with Gasteiger partial charge in [0.05, 0.1) is 30.7 Å². The SMILES string of the molecule is COc1cc(C(=O)N(C)c2ccc(C)cc2OCCCCCC(=O)N2CCN(C)CC2)ccc1NC(=O)c1ccccc1SCCCN. The molecule has 0 radical (unpaired) electrons. The molecule has 0 aliphatic carbocycles. The molecule has 1 fully saturated rings. The van der Waals surface area contributed by atoms with Crippen molar-refractivity contribution in [2.24, 2.45) is 5.73 Å². The standard InChI is InChI=1S/C37H49N5O5S/c1-27-14-17-31(33(25-27)47-23-9-5-6-13-35(43)42-21-19-40(2)20-22-42)41(3)37(45)28-15-16-30(32(26-28)46-4)39-36(44)29-11-7-8-12-34(29)48-24-10-18-38/h7-8,11-12,14-17,25-26H,5-6,9-10,13,18-24,38H2,1-4H3,(H,39,44). The minimum absolute atomic E-state index is 0.232. The number of hydrogen-bond acceptors (Lipinski definition) is 8. The molecule has 4 rings (SSSR count). The molecule has 10 nitrogen and oxygen atoms in total. The first-order valence-electron chi connectivity index (χ1n) is 16.6. The summed E-state index contributed by atoms with van der Waals surface area (Å²) in [5.74, 6) is 1.55. The van der Waals surface area contributed by atoms with Gasteiger partial charge in [-0.05, 0) is 100.0 Å². The van der Waals surface area contributed by atoms with Gasteiger partial charge in [-0.1, -0.05) is 18.2 Å². The number of likely N-dealkylation sites (N-methyl/N-ethyl adjacent to an activating group) is 1. The van der Waals surface area contributed by atoms with Crippen molar-refractivity contribution in [3.8, 4) is 11.5 Å². The van der Waals surface area contributed by atoms with Crippen molar-refractivity contribution in [1.29, 1.82) is 0 Å². The van der Waals surface area contributed by atoms with Crippen LogP contribution in [0.15, 0.2) is 65.6 Å². The molecule has 0 unspecified atom stereocenters. The molecule has 3 aromatic carbocycles.